The average Bonchev–Trinajstić information content (AvgIpc) is 2.72. The Morgan fingerprint density at radius 1 is 0.933 bits per heavy atom. The van der Waals surface area contributed by atoms with Gasteiger partial charge in [-0.1, -0.05) is 65.7 Å². The molecule has 1 aromatic heterocycles. The zero-order valence-corrected chi connectivity index (χ0v) is 18.2. The second-order valence-electron chi connectivity index (χ2n) is 6.87. The second kappa shape index (κ2) is 9.09. The zero-order valence-electron chi connectivity index (χ0n) is 15.8. The summed E-state index contributed by atoms with van der Waals surface area (Å²) in [5.74, 6) is -0.00135. The van der Waals surface area contributed by atoms with E-state index in [2.05, 4.69) is 0 Å². The number of pyridine rings is 1. The van der Waals surface area contributed by atoms with E-state index in [1.807, 2.05) is 48.5 Å². The molecule has 4 rings (SSSR count). The first-order chi connectivity index (χ1) is 14.5. The van der Waals surface area contributed by atoms with Gasteiger partial charge in [-0.3, -0.25) is 10.0 Å². The van der Waals surface area contributed by atoms with Gasteiger partial charge < -0.3 is 0 Å². The van der Waals surface area contributed by atoms with Crippen LogP contribution in [0.2, 0.25) is 10.0 Å². The third-order valence-electron chi connectivity index (χ3n) is 4.74. The lowest BCUT2D eigenvalue weighted by molar-refractivity contribution is -0.932. The maximum atomic E-state index is 13.5. The van der Waals surface area contributed by atoms with E-state index in [1.165, 1.54) is 11.8 Å². The predicted octanol–water partition coefficient (Wildman–Crippen LogP) is 6.32. The minimum absolute atomic E-state index is 0.00135. The Balaban J connectivity index is 1.76. The molecular weight excluding hydrogens is 437 g/mol. The fraction of sp³-hybridized carbons (Fsp3) is 0.0833. The highest BCUT2D eigenvalue weighted by Gasteiger charge is 2.28. The first kappa shape index (κ1) is 20.7. The van der Waals surface area contributed by atoms with Crippen molar-refractivity contribution in [2.45, 2.75) is 16.7 Å². The fourth-order valence-corrected chi connectivity index (χ4v) is 5.11. The van der Waals surface area contributed by atoms with Gasteiger partial charge in [0.05, 0.1) is 5.25 Å². The van der Waals surface area contributed by atoms with Crippen LogP contribution in [0.1, 0.15) is 16.4 Å². The van der Waals surface area contributed by atoms with Gasteiger partial charge in [-0.05, 0) is 57.9 Å². The molecule has 3 nitrogen and oxygen atoms in total. The SMILES string of the molecule is O=C(Cc1cc(Cl)cc(Cl)c1)C(Sc1cccc[n+]1O)c1cccc2ccccc12. The summed E-state index contributed by atoms with van der Waals surface area (Å²) >= 11 is 13.6. The molecule has 1 N–H and O–H groups in total. The van der Waals surface area contributed by atoms with Crippen LogP contribution >= 0.6 is 35.0 Å². The van der Waals surface area contributed by atoms with Gasteiger partial charge in [-0.2, -0.15) is 0 Å². The van der Waals surface area contributed by atoms with Crippen LogP contribution in [0.5, 0.6) is 0 Å². The molecule has 4 aromatic rings. The number of carbonyl (C=O) groups is 1. The van der Waals surface area contributed by atoms with Crippen molar-refractivity contribution in [1.82, 2.24) is 0 Å². The van der Waals surface area contributed by atoms with E-state index in [4.69, 9.17) is 23.2 Å². The molecule has 1 atom stereocenters. The highest BCUT2D eigenvalue weighted by molar-refractivity contribution is 8.00. The number of hydrogen-bond acceptors (Lipinski definition) is 3. The average molecular weight is 455 g/mol. The number of carbonyl (C=O) groups excluding carboxylic acids is 1. The van der Waals surface area contributed by atoms with Crippen LogP contribution in [0.25, 0.3) is 10.8 Å². The minimum Gasteiger partial charge on any atom is -0.298 e. The molecule has 0 radical (unpaired) electrons. The summed E-state index contributed by atoms with van der Waals surface area (Å²) in [6.45, 7) is 0. The molecule has 0 aliphatic heterocycles. The Kier molecular flexibility index (Phi) is 6.28. The molecule has 3 aromatic carbocycles. The van der Waals surface area contributed by atoms with E-state index < -0.39 is 5.25 Å². The second-order valence-corrected chi connectivity index (χ2v) is 8.87. The van der Waals surface area contributed by atoms with E-state index in [1.54, 1.807) is 36.5 Å². The normalized spacial score (nSPS) is 12.1. The highest BCUT2D eigenvalue weighted by Crippen LogP contribution is 2.38. The molecule has 0 bridgehead atoms. The van der Waals surface area contributed by atoms with Crippen molar-refractivity contribution in [2.24, 2.45) is 0 Å². The van der Waals surface area contributed by atoms with E-state index in [9.17, 15) is 10.0 Å². The number of Topliss-reactive ketones (excluding diaryl/α,β-unsaturated/α-hetero) is 1. The third-order valence-corrected chi connectivity index (χ3v) is 6.49. The largest absolute Gasteiger partial charge is 0.298 e. The molecule has 0 fully saturated rings. The molecule has 150 valence electrons. The molecular formula is C24H18Cl2NO2S+. The lowest BCUT2D eigenvalue weighted by Crippen LogP contribution is -2.32. The number of thioether (sulfide) groups is 1. The van der Waals surface area contributed by atoms with Crippen LogP contribution in [0.4, 0.5) is 0 Å². The van der Waals surface area contributed by atoms with E-state index in [0.717, 1.165) is 26.6 Å². The highest BCUT2D eigenvalue weighted by atomic mass is 35.5. The van der Waals surface area contributed by atoms with Crippen molar-refractivity contribution < 1.29 is 14.7 Å². The van der Waals surface area contributed by atoms with Crippen molar-refractivity contribution in [3.8, 4) is 0 Å². The monoisotopic (exact) mass is 454 g/mol. The first-order valence-electron chi connectivity index (χ1n) is 9.33. The number of hydrogen-bond donors (Lipinski definition) is 1. The Bertz CT molecular complexity index is 1200. The van der Waals surface area contributed by atoms with Gasteiger partial charge in [0, 0.05) is 33.3 Å². The van der Waals surface area contributed by atoms with Gasteiger partial charge in [0.2, 0.25) is 6.20 Å². The number of nitrogens with zero attached hydrogens (tertiary/aromatic N) is 1. The third kappa shape index (κ3) is 4.62. The van der Waals surface area contributed by atoms with Gasteiger partial charge in [0.25, 0.3) is 5.03 Å². The van der Waals surface area contributed by atoms with Crippen LogP contribution in [-0.4, -0.2) is 11.0 Å². The Hall–Kier alpha value is -2.53. The summed E-state index contributed by atoms with van der Waals surface area (Å²) in [6.07, 6.45) is 1.73. The summed E-state index contributed by atoms with van der Waals surface area (Å²) in [4.78, 5) is 13.5. The zero-order chi connectivity index (χ0) is 21.1. The Morgan fingerprint density at radius 3 is 2.40 bits per heavy atom. The molecule has 0 amide bonds. The molecule has 0 aliphatic rings. The molecule has 0 saturated carbocycles. The number of ketones is 1. The van der Waals surface area contributed by atoms with Crippen molar-refractivity contribution in [1.29, 1.82) is 0 Å². The number of aromatic nitrogens is 1. The van der Waals surface area contributed by atoms with Gasteiger partial charge in [0.15, 0.2) is 5.78 Å². The smallest absolute Gasteiger partial charge is 0.292 e. The first-order valence-corrected chi connectivity index (χ1v) is 11.0. The maximum absolute atomic E-state index is 13.5. The van der Waals surface area contributed by atoms with Crippen molar-refractivity contribution >= 4 is 51.5 Å². The van der Waals surface area contributed by atoms with Crippen LogP contribution < -0.4 is 4.73 Å². The summed E-state index contributed by atoms with van der Waals surface area (Å²) in [7, 11) is 0. The molecule has 30 heavy (non-hydrogen) atoms. The van der Waals surface area contributed by atoms with Crippen molar-refractivity contribution in [2.75, 3.05) is 0 Å². The maximum Gasteiger partial charge on any atom is 0.292 e. The summed E-state index contributed by atoms with van der Waals surface area (Å²) in [5, 5.41) is 13.3. The fourth-order valence-electron chi connectivity index (χ4n) is 3.42. The topological polar surface area (TPSA) is 41.2 Å². The minimum atomic E-state index is -0.519. The van der Waals surface area contributed by atoms with E-state index >= 15 is 0 Å². The molecule has 0 spiro atoms. The molecule has 0 saturated heterocycles. The molecule has 1 heterocycles. The van der Waals surface area contributed by atoms with Crippen LogP contribution in [0.15, 0.2) is 90.1 Å². The number of fused-ring (bicyclic) bond motifs is 1. The van der Waals surface area contributed by atoms with Crippen molar-refractivity contribution in [3.05, 3.63) is 106 Å². The number of halogens is 2. The number of benzene rings is 3. The van der Waals surface area contributed by atoms with Gasteiger partial charge in [-0.15, -0.1) is 0 Å². The quantitative estimate of drug-likeness (QED) is 0.210. The Labute approximate surface area is 188 Å². The van der Waals surface area contributed by atoms with Gasteiger partial charge >= 0.3 is 0 Å². The van der Waals surface area contributed by atoms with Crippen LogP contribution in [0.3, 0.4) is 0 Å². The summed E-state index contributed by atoms with van der Waals surface area (Å²) < 4.78 is 1.03. The van der Waals surface area contributed by atoms with E-state index in [0.29, 0.717) is 15.1 Å². The van der Waals surface area contributed by atoms with Crippen LogP contribution in [0, 0.1) is 0 Å². The predicted molar refractivity (Wildman–Crippen MR) is 122 cm³/mol. The molecule has 6 heteroatoms. The van der Waals surface area contributed by atoms with Gasteiger partial charge in [0.1, 0.15) is 0 Å². The molecule has 1 unspecified atom stereocenters. The van der Waals surface area contributed by atoms with E-state index in [-0.39, 0.29) is 12.2 Å². The van der Waals surface area contributed by atoms with Gasteiger partial charge in [-0.25, -0.2) is 0 Å². The lowest BCUT2D eigenvalue weighted by Gasteiger charge is -2.17. The van der Waals surface area contributed by atoms with Crippen LogP contribution in [-0.2, 0) is 11.2 Å². The standard InChI is InChI=1S/C24H18Cl2NO2S/c25-18-12-16(13-19(26)15-18)14-22(28)24(30-23-10-3-4-11-27(23)29)21-9-5-7-17-6-1-2-8-20(17)21/h1-13,15,24,29H,14H2/q+1. The summed E-state index contributed by atoms with van der Waals surface area (Å²) in [5.41, 5.74) is 1.66. The number of rotatable bonds is 6. The molecule has 0 aliphatic carbocycles. The van der Waals surface area contributed by atoms with Crippen molar-refractivity contribution in [3.63, 3.8) is 0 Å². The Morgan fingerprint density at radius 2 is 1.63 bits per heavy atom. The summed E-state index contributed by atoms with van der Waals surface area (Å²) in [6, 6.07) is 24.4. The lowest BCUT2D eigenvalue weighted by atomic mass is 9.97.